The first-order valence-electron chi connectivity index (χ1n) is 10.7. The van der Waals surface area contributed by atoms with E-state index in [1.54, 1.807) is 0 Å². The Balaban J connectivity index is 1.50. The summed E-state index contributed by atoms with van der Waals surface area (Å²) in [5, 5.41) is 13.4. The average molecular weight is 410 g/mol. The molecule has 30 heavy (non-hydrogen) atoms. The van der Waals surface area contributed by atoms with Crippen molar-refractivity contribution in [3.63, 3.8) is 0 Å². The van der Waals surface area contributed by atoms with Crippen molar-refractivity contribution in [2.45, 2.75) is 52.5 Å². The van der Waals surface area contributed by atoms with Gasteiger partial charge in [0, 0.05) is 44.6 Å². The van der Waals surface area contributed by atoms with Gasteiger partial charge in [-0.3, -0.25) is 9.69 Å². The number of piperazine rings is 1. The number of hydrogen-bond acceptors (Lipinski definition) is 6. The van der Waals surface area contributed by atoms with Gasteiger partial charge >= 0.3 is 0 Å². The topological polar surface area (TPSA) is 86.3 Å². The van der Waals surface area contributed by atoms with Crippen LogP contribution in [-0.2, 0) is 11.2 Å². The van der Waals surface area contributed by atoms with Crippen LogP contribution in [0.15, 0.2) is 28.8 Å². The van der Waals surface area contributed by atoms with E-state index in [4.69, 9.17) is 4.52 Å². The van der Waals surface area contributed by atoms with Crippen LogP contribution in [-0.4, -0.2) is 58.1 Å². The fourth-order valence-corrected chi connectivity index (χ4v) is 3.76. The predicted molar refractivity (Wildman–Crippen MR) is 115 cm³/mol. The molecule has 1 amide bonds. The number of carbonyl (C=O) groups is 1. The van der Waals surface area contributed by atoms with Crippen molar-refractivity contribution in [1.29, 1.82) is 5.26 Å². The summed E-state index contributed by atoms with van der Waals surface area (Å²) in [4.78, 5) is 21.1. The van der Waals surface area contributed by atoms with Crippen molar-refractivity contribution in [2.75, 3.05) is 26.2 Å². The van der Waals surface area contributed by atoms with Crippen LogP contribution in [0.4, 0.5) is 0 Å². The lowest BCUT2D eigenvalue weighted by molar-refractivity contribution is -0.133. The van der Waals surface area contributed by atoms with Crippen molar-refractivity contribution in [1.82, 2.24) is 19.9 Å². The smallest absolute Gasteiger partial charge is 0.227 e. The maximum atomic E-state index is 12.6. The maximum Gasteiger partial charge on any atom is 0.227 e. The quantitative estimate of drug-likeness (QED) is 0.696. The molecule has 1 fully saturated rings. The maximum absolute atomic E-state index is 12.6. The standard InChI is InChI=1S/C23H31N5O2/c1-16(2)18-5-7-19(8-6-18)23-25-21(30-26-23)9-10-22(29)28-13-11-27(12-14-28)20(15-24)17(3)4/h5-8,16-17,20H,9-14H2,1-4H3. The van der Waals surface area contributed by atoms with Gasteiger partial charge in [-0.1, -0.05) is 57.1 Å². The lowest BCUT2D eigenvalue weighted by atomic mass is 10.0. The highest BCUT2D eigenvalue weighted by Gasteiger charge is 2.27. The van der Waals surface area contributed by atoms with Crippen molar-refractivity contribution in [2.24, 2.45) is 5.92 Å². The highest BCUT2D eigenvalue weighted by Crippen LogP contribution is 2.21. The largest absolute Gasteiger partial charge is 0.340 e. The van der Waals surface area contributed by atoms with Crippen molar-refractivity contribution in [3.8, 4) is 17.5 Å². The van der Waals surface area contributed by atoms with Gasteiger partial charge in [0.25, 0.3) is 0 Å². The van der Waals surface area contributed by atoms with Gasteiger partial charge in [-0.05, 0) is 17.4 Å². The van der Waals surface area contributed by atoms with Crippen LogP contribution in [0.5, 0.6) is 0 Å². The fourth-order valence-electron chi connectivity index (χ4n) is 3.76. The van der Waals surface area contributed by atoms with Gasteiger partial charge in [0.1, 0.15) is 6.04 Å². The lowest BCUT2D eigenvalue weighted by Crippen LogP contribution is -2.52. The molecule has 1 atom stereocenters. The molecular weight excluding hydrogens is 378 g/mol. The molecule has 1 aliphatic rings. The third kappa shape index (κ3) is 5.25. The zero-order valence-electron chi connectivity index (χ0n) is 18.3. The Morgan fingerprint density at radius 3 is 2.37 bits per heavy atom. The molecule has 3 rings (SSSR count). The van der Waals surface area contributed by atoms with Crippen molar-refractivity contribution >= 4 is 5.91 Å². The Kier molecular flexibility index (Phi) is 7.22. The molecule has 2 heterocycles. The lowest BCUT2D eigenvalue weighted by Gasteiger charge is -2.38. The van der Waals surface area contributed by atoms with Gasteiger partial charge in [-0.2, -0.15) is 10.2 Å². The summed E-state index contributed by atoms with van der Waals surface area (Å²) < 4.78 is 5.35. The molecular formula is C23H31N5O2. The molecule has 160 valence electrons. The van der Waals surface area contributed by atoms with Crippen LogP contribution in [0.3, 0.4) is 0 Å². The number of nitriles is 1. The number of carbonyl (C=O) groups excluding carboxylic acids is 1. The minimum absolute atomic E-state index is 0.0892. The first-order valence-corrected chi connectivity index (χ1v) is 10.7. The third-order valence-corrected chi connectivity index (χ3v) is 5.68. The van der Waals surface area contributed by atoms with Gasteiger partial charge in [0.15, 0.2) is 0 Å². The molecule has 7 heteroatoms. The molecule has 0 N–H and O–H groups in total. The number of rotatable bonds is 7. The van der Waals surface area contributed by atoms with Crippen molar-refractivity contribution < 1.29 is 9.32 Å². The van der Waals surface area contributed by atoms with E-state index in [9.17, 15) is 10.1 Å². The zero-order valence-corrected chi connectivity index (χ0v) is 18.3. The van der Waals surface area contributed by atoms with Crippen molar-refractivity contribution in [3.05, 3.63) is 35.7 Å². The Bertz CT molecular complexity index is 874. The Morgan fingerprint density at radius 1 is 1.13 bits per heavy atom. The van der Waals surface area contributed by atoms with Crippen LogP contribution in [0.2, 0.25) is 0 Å². The molecule has 0 spiro atoms. The minimum Gasteiger partial charge on any atom is -0.340 e. The van der Waals surface area contributed by atoms with Crippen LogP contribution < -0.4 is 0 Å². The van der Waals surface area contributed by atoms with Crippen LogP contribution in [0, 0.1) is 17.2 Å². The number of nitrogens with zero attached hydrogens (tertiary/aromatic N) is 5. The highest BCUT2D eigenvalue weighted by molar-refractivity contribution is 5.76. The molecule has 0 radical (unpaired) electrons. The predicted octanol–water partition coefficient (Wildman–Crippen LogP) is 3.48. The third-order valence-electron chi connectivity index (χ3n) is 5.68. The van der Waals surface area contributed by atoms with Gasteiger partial charge in [-0.15, -0.1) is 0 Å². The normalized spacial score (nSPS) is 16.1. The van der Waals surface area contributed by atoms with E-state index in [2.05, 4.69) is 60.9 Å². The van der Waals surface area contributed by atoms with Gasteiger partial charge in [-0.25, -0.2) is 0 Å². The van der Waals surface area contributed by atoms with E-state index in [1.165, 1.54) is 5.56 Å². The van der Waals surface area contributed by atoms with E-state index in [-0.39, 0.29) is 17.9 Å². The van der Waals surface area contributed by atoms with E-state index in [1.807, 2.05) is 17.0 Å². The second kappa shape index (κ2) is 9.86. The molecule has 1 unspecified atom stereocenters. The van der Waals surface area contributed by atoms with Gasteiger partial charge in [0.2, 0.25) is 17.6 Å². The van der Waals surface area contributed by atoms with E-state index in [0.717, 1.165) is 18.7 Å². The summed E-state index contributed by atoms with van der Waals surface area (Å²) in [5.41, 5.74) is 2.18. The fraction of sp³-hybridized carbons (Fsp3) is 0.565. The first kappa shape index (κ1) is 22.0. The summed E-state index contributed by atoms with van der Waals surface area (Å²) in [6.07, 6.45) is 0.780. The molecule has 0 saturated carbocycles. The summed E-state index contributed by atoms with van der Waals surface area (Å²) in [6, 6.07) is 10.4. The Labute approximate surface area is 178 Å². The van der Waals surface area contributed by atoms with Crippen LogP contribution >= 0.6 is 0 Å². The van der Waals surface area contributed by atoms with Gasteiger partial charge in [0.05, 0.1) is 6.07 Å². The second-order valence-electron chi connectivity index (χ2n) is 8.52. The van der Waals surface area contributed by atoms with Gasteiger partial charge < -0.3 is 9.42 Å². The minimum atomic E-state index is -0.0892. The molecule has 1 aliphatic heterocycles. The summed E-state index contributed by atoms with van der Waals surface area (Å²) in [5.74, 6) is 1.88. The number of amides is 1. The first-order chi connectivity index (χ1) is 14.4. The monoisotopic (exact) mass is 409 g/mol. The second-order valence-corrected chi connectivity index (χ2v) is 8.52. The SMILES string of the molecule is CC(C)c1ccc(-c2noc(CCC(=O)N3CCN(C(C#N)C(C)C)CC3)n2)cc1. The number of aryl methyl sites for hydroxylation is 1. The molecule has 1 saturated heterocycles. The summed E-state index contributed by atoms with van der Waals surface area (Å²) in [6.45, 7) is 11.2. The molecule has 7 nitrogen and oxygen atoms in total. The zero-order chi connectivity index (χ0) is 21.7. The summed E-state index contributed by atoms with van der Waals surface area (Å²) >= 11 is 0. The average Bonchev–Trinajstić information content (AvgIpc) is 3.22. The molecule has 2 aromatic rings. The van der Waals surface area contributed by atoms with E-state index >= 15 is 0 Å². The van der Waals surface area contributed by atoms with Crippen LogP contribution in [0.25, 0.3) is 11.4 Å². The molecule has 1 aromatic heterocycles. The van der Waals surface area contributed by atoms with E-state index < -0.39 is 0 Å². The Morgan fingerprint density at radius 2 is 1.80 bits per heavy atom. The number of benzene rings is 1. The highest BCUT2D eigenvalue weighted by atomic mass is 16.5. The van der Waals surface area contributed by atoms with Crippen LogP contribution in [0.1, 0.15) is 51.5 Å². The molecule has 0 aliphatic carbocycles. The number of hydrogen-bond donors (Lipinski definition) is 0. The summed E-state index contributed by atoms with van der Waals surface area (Å²) in [7, 11) is 0. The van der Waals surface area contributed by atoms with E-state index in [0.29, 0.717) is 43.6 Å². The Hall–Kier alpha value is -2.72. The number of aromatic nitrogens is 2. The molecule has 0 bridgehead atoms. The molecule has 1 aromatic carbocycles.